The van der Waals surface area contributed by atoms with E-state index in [1.54, 1.807) is 0 Å². The van der Waals surface area contributed by atoms with E-state index in [-0.39, 0.29) is 0 Å². The lowest BCUT2D eigenvalue weighted by Crippen LogP contribution is -2.35. The first-order valence-electron chi connectivity index (χ1n) is 8.02. The summed E-state index contributed by atoms with van der Waals surface area (Å²) in [4.78, 5) is 22.7. The Kier molecular flexibility index (Phi) is 4.33. The van der Waals surface area contributed by atoms with Crippen molar-refractivity contribution in [1.29, 1.82) is 0 Å². The zero-order chi connectivity index (χ0) is 16.3. The van der Waals surface area contributed by atoms with E-state index in [0.717, 1.165) is 48.4 Å². The van der Waals surface area contributed by atoms with E-state index in [2.05, 4.69) is 6.07 Å². The van der Waals surface area contributed by atoms with Crippen molar-refractivity contribution in [3.8, 4) is 0 Å². The maximum absolute atomic E-state index is 12.0. The molecule has 1 aliphatic carbocycles. The van der Waals surface area contributed by atoms with Gasteiger partial charge in [-0.1, -0.05) is 42.8 Å². The van der Waals surface area contributed by atoms with Crippen LogP contribution >= 0.6 is 0 Å². The van der Waals surface area contributed by atoms with Crippen LogP contribution in [0.4, 0.5) is 0 Å². The van der Waals surface area contributed by atoms with Gasteiger partial charge in [-0.25, -0.2) is 0 Å². The van der Waals surface area contributed by atoms with E-state index in [1.165, 1.54) is 0 Å². The summed E-state index contributed by atoms with van der Waals surface area (Å²) >= 11 is 0. The molecule has 1 fully saturated rings. The van der Waals surface area contributed by atoms with Crippen LogP contribution in [-0.4, -0.2) is 17.0 Å². The lowest BCUT2D eigenvalue weighted by Gasteiger charge is -2.37. The second-order valence-corrected chi connectivity index (χ2v) is 6.16. The maximum Gasteiger partial charge on any atom is 0.318 e. The SMILES string of the molecule is O=C(O)CC(=O)OC1(c2ccc3ccccc3c2)CCCCC1. The first kappa shape index (κ1) is 15.5. The predicted octanol–water partition coefficient (Wildman–Crippen LogP) is 4.02. The molecule has 1 aliphatic rings. The average Bonchev–Trinajstić information content (AvgIpc) is 2.54. The molecule has 0 amide bonds. The molecule has 23 heavy (non-hydrogen) atoms. The molecule has 1 saturated carbocycles. The summed E-state index contributed by atoms with van der Waals surface area (Å²) < 4.78 is 5.70. The highest BCUT2D eigenvalue weighted by Crippen LogP contribution is 2.41. The van der Waals surface area contributed by atoms with Crippen LogP contribution in [0.1, 0.15) is 44.1 Å². The number of carbonyl (C=O) groups excluding carboxylic acids is 1. The molecule has 120 valence electrons. The largest absolute Gasteiger partial charge is 0.481 e. The van der Waals surface area contributed by atoms with Crippen LogP contribution in [0.2, 0.25) is 0 Å². The first-order valence-corrected chi connectivity index (χ1v) is 8.02. The van der Waals surface area contributed by atoms with E-state index < -0.39 is 24.0 Å². The topological polar surface area (TPSA) is 63.6 Å². The third-order valence-corrected chi connectivity index (χ3v) is 4.54. The summed E-state index contributed by atoms with van der Waals surface area (Å²) in [5, 5.41) is 11.0. The van der Waals surface area contributed by atoms with Crippen molar-refractivity contribution in [2.24, 2.45) is 0 Å². The highest BCUT2D eigenvalue weighted by Gasteiger charge is 2.38. The minimum absolute atomic E-state index is 0.588. The van der Waals surface area contributed by atoms with Gasteiger partial charge in [0.1, 0.15) is 12.0 Å². The Bertz CT molecular complexity index is 729. The number of hydrogen-bond donors (Lipinski definition) is 1. The van der Waals surface area contributed by atoms with Crippen LogP contribution in [0, 0.1) is 0 Å². The fraction of sp³-hybridized carbons (Fsp3) is 0.368. The number of rotatable bonds is 4. The van der Waals surface area contributed by atoms with Crippen molar-refractivity contribution >= 4 is 22.7 Å². The van der Waals surface area contributed by atoms with E-state index in [9.17, 15) is 9.59 Å². The van der Waals surface area contributed by atoms with Gasteiger partial charge in [0.25, 0.3) is 0 Å². The van der Waals surface area contributed by atoms with Crippen LogP contribution in [0.5, 0.6) is 0 Å². The molecule has 2 aromatic carbocycles. The quantitative estimate of drug-likeness (QED) is 0.684. The molecule has 0 radical (unpaired) electrons. The van der Waals surface area contributed by atoms with Crippen molar-refractivity contribution in [3.63, 3.8) is 0 Å². The molecule has 0 aromatic heterocycles. The Labute approximate surface area is 135 Å². The summed E-state index contributed by atoms with van der Waals surface area (Å²) in [6.07, 6.45) is 3.98. The number of aliphatic carboxylic acids is 1. The zero-order valence-electron chi connectivity index (χ0n) is 13.0. The van der Waals surface area contributed by atoms with Crippen LogP contribution in [0.3, 0.4) is 0 Å². The van der Waals surface area contributed by atoms with Crippen molar-refractivity contribution in [3.05, 3.63) is 48.0 Å². The maximum atomic E-state index is 12.0. The fourth-order valence-electron chi connectivity index (χ4n) is 3.42. The van der Waals surface area contributed by atoms with Crippen LogP contribution < -0.4 is 0 Å². The number of benzene rings is 2. The lowest BCUT2D eigenvalue weighted by atomic mass is 9.79. The molecule has 4 nitrogen and oxygen atoms in total. The summed E-state index contributed by atoms with van der Waals surface area (Å²) in [6.45, 7) is 0. The number of ether oxygens (including phenoxy) is 1. The molecular formula is C19H20O4. The van der Waals surface area contributed by atoms with Gasteiger partial charge in [0, 0.05) is 0 Å². The molecule has 0 bridgehead atoms. The normalized spacial score (nSPS) is 16.9. The van der Waals surface area contributed by atoms with Gasteiger partial charge >= 0.3 is 11.9 Å². The molecule has 2 aromatic rings. The van der Waals surface area contributed by atoms with Crippen LogP contribution in [0.25, 0.3) is 10.8 Å². The molecule has 0 unspecified atom stereocenters. The van der Waals surface area contributed by atoms with Gasteiger partial charge in [-0.2, -0.15) is 0 Å². The Balaban J connectivity index is 1.96. The third-order valence-electron chi connectivity index (χ3n) is 4.54. The fourth-order valence-corrected chi connectivity index (χ4v) is 3.42. The van der Waals surface area contributed by atoms with Crippen molar-refractivity contribution in [2.45, 2.75) is 44.1 Å². The Morgan fingerprint density at radius 3 is 2.39 bits per heavy atom. The van der Waals surface area contributed by atoms with Crippen LogP contribution in [0.15, 0.2) is 42.5 Å². The third kappa shape index (κ3) is 3.36. The summed E-state index contributed by atoms with van der Waals surface area (Å²) in [5.41, 5.74) is 0.282. The summed E-state index contributed by atoms with van der Waals surface area (Å²) in [6, 6.07) is 14.2. The molecule has 4 heteroatoms. The standard InChI is InChI=1S/C19H20O4/c20-17(21)13-18(22)23-19(10-4-1-5-11-19)16-9-8-14-6-2-3-7-15(14)12-16/h2-3,6-9,12H,1,4-5,10-11,13H2,(H,20,21). The predicted molar refractivity (Wildman–Crippen MR) is 87.1 cm³/mol. The Hall–Kier alpha value is -2.36. The number of carbonyl (C=O) groups is 2. The Morgan fingerprint density at radius 2 is 1.70 bits per heavy atom. The highest BCUT2D eigenvalue weighted by molar-refractivity contribution is 5.90. The van der Waals surface area contributed by atoms with Crippen molar-refractivity contribution < 1.29 is 19.4 Å². The molecule has 0 heterocycles. The van der Waals surface area contributed by atoms with E-state index in [4.69, 9.17) is 9.84 Å². The lowest BCUT2D eigenvalue weighted by molar-refractivity contribution is -0.168. The molecule has 0 atom stereocenters. The van der Waals surface area contributed by atoms with Crippen molar-refractivity contribution in [2.75, 3.05) is 0 Å². The van der Waals surface area contributed by atoms with E-state index in [0.29, 0.717) is 0 Å². The molecule has 3 rings (SSSR count). The van der Waals surface area contributed by atoms with Gasteiger partial charge < -0.3 is 9.84 Å². The average molecular weight is 312 g/mol. The number of hydrogen-bond acceptors (Lipinski definition) is 3. The second-order valence-electron chi connectivity index (χ2n) is 6.16. The van der Waals surface area contributed by atoms with Gasteiger partial charge in [-0.15, -0.1) is 0 Å². The second kappa shape index (κ2) is 6.41. The molecule has 0 spiro atoms. The minimum atomic E-state index is -1.15. The monoisotopic (exact) mass is 312 g/mol. The summed E-state index contributed by atoms with van der Waals surface area (Å²) in [5.74, 6) is -1.81. The summed E-state index contributed by atoms with van der Waals surface area (Å²) in [7, 11) is 0. The van der Waals surface area contributed by atoms with Gasteiger partial charge in [-0.05, 0) is 48.1 Å². The Morgan fingerprint density at radius 1 is 1.00 bits per heavy atom. The molecule has 0 aliphatic heterocycles. The number of fused-ring (bicyclic) bond motifs is 1. The minimum Gasteiger partial charge on any atom is -0.481 e. The number of carboxylic acids is 1. The first-order chi connectivity index (χ1) is 11.1. The zero-order valence-corrected chi connectivity index (χ0v) is 13.0. The van der Waals surface area contributed by atoms with Gasteiger partial charge in [-0.3, -0.25) is 9.59 Å². The van der Waals surface area contributed by atoms with E-state index >= 15 is 0 Å². The van der Waals surface area contributed by atoms with Gasteiger partial charge in [0.2, 0.25) is 0 Å². The smallest absolute Gasteiger partial charge is 0.318 e. The molecular weight excluding hydrogens is 292 g/mol. The highest BCUT2D eigenvalue weighted by atomic mass is 16.6. The van der Waals surface area contributed by atoms with Crippen LogP contribution in [-0.2, 0) is 19.9 Å². The molecule has 0 saturated heterocycles. The molecule has 1 N–H and O–H groups in total. The van der Waals surface area contributed by atoms with Gasteiger partial charge in [0.05, 0.1) is 0 Å². The van der Waals surface area contributed by atoms with Gasteiger partial charge in [0.15, 0.2) is 0 Å². The number of esters is 1. The number of carboxylic acid groups (broad SMARTS) is 1. The van der Waals surface area contributed by atoms with Crippen molar-refractivity contribution in [1.82, 2.24) is 0 Å². The van der Waals surface area contributed by atoms with E-state index in [1.807, 2.05) is 36.4 Å².